The minimum Gasteiger partial charge on any atom is -0.299 e. The Labute approximate surface area is 107 Å². The maximum atomic E-state index is 12.5. The molecule has 1 fully saturated rings. The minimum absolute atomic E-state index is 0.357. The van der Waals surface area contributed by atoms with Gasteiger partial charge >= 0.3 is 0 Å². The van der Waals surface area contributed by atoms with Gasteiger partial charge < -0.3 is 0 Å². The number of carbonyl (C=O) groups is 1. The van der Waals surface area contributed by atoms with Crippen LogP contribution < -0.4 is 0 Å². The molecule has 0 heterocycles. The van der Waals surface area contributed by atoms with Crippen molar-refractivity contribution in [3.8, 4) is 0 Å². The van der Waals surface area contributed by atoms with E-state index in [1.54, 1.807) is 0 Å². The van der Waals surface area contributed by atoms with Crippen molar-refractivity contribution in [3.05, 3.63) is 0 Å². The quantitative estimate of drug-likeness (QED) is 0.611. The lowest BCUT2D eigenvalue weighted by Gasteiger charge is -2.29. The Morgan fingerprint density at radius 1 is 1.24 bits per heavy atom. The van der Waals surface area contributed by atoms with Gasteiger partial charge in [0, 0.05) is 11.8 Å². The Balaban J connectivity index is 2.48. The lowest BCUT2D eigenvalue weighted by atomic mass is 9.74. The summed E-state index contributed by atoms with van der Waals surface area (Å²) in [5.74, 6) is 2.17. The third-order valence-electron chi connectivity index (χ3n) is 4.56. The van der Waals surface area contributed by atoms with E-state index in [0.29, 0.717) is 17.6 Å². The molecule has 0 aromatic rings. The summed E-state index contributed by atoms with van der Waals surface area (Å²) in [6.07, 6.45) is 10.8. The Morgan fingerprint density at radius 3 is 2.59 bits per heavy atom. The molecule has 3 atom stereocenters. The van der Waals surface area contributed by atoms with Crippen LogP contribution in [-0.4, -0.2) is 5.78 Å². The van der Waals surface area contributed by atoms with E-state index < -0.39 is 0 Å². The SMILES string of the molecule is CCCCC(CC)C(=O)C1CCCC(CC)C1. The second-order valence-electron chi connectivity index (χ2n) is 5.79. The van der Waals surface area contributed by atoms with Crippen molar-refractivity contribution in [1.82, 2.24) is 0 Å². The zero-order valence-electron chi connectivity index (χ0n) is 12.0. The summed E-state index contributed by atoms with van der Waals surface area (Å²) >= 11 is 0. The highest BCUT2D eigenvalue weighted by molar-refractivity contribution is 5.83. The van der Waals surface area contributed by atoms with E-state index in [2.05, 4.69) is 20.8 Å². The van der Waals surface area contributed by atoms with Gasteiger partial charge in [-0.3, -0.25) is 4.79 Å². The first kappa shape index (κ1) is 14.7. The van der Waals surface area contributed by atoms with E-state index in [-0.39, 0.29) is 0 Å². The number of hydrogen-bond donors (Lipinski definition) is 0. The van der Waals surface area contributed by atoms with Crippen LogP contribution in [0.3, 0.4) is 0 Å². The van der Waals surface area contributed by atoms with Crippen molar-refractivity contribution in [2.24, 2.45) is 17.8 Å². The molecule has 3 unspecified atom stereocenters. The van der Waals surface area contributed by atoms with Crippen molar-refractivity contribution >= 4 is 5.78 Å². The molecular weight excluding hydrogens is 208 g/mol. The van der Waals surface area contributed by atoms with Gasteiger partial charge in [-0.25, -0.2) is 0 Å². The number of unbranched alkanes of at least 4 members (excludes halogenated alkanes) is 1. The van der Waals surface area contributed by atoms with Crippen LogP contribution in [0.4, 0.5) is 0 Å². The predicted octanol–water partition coefficient (Wildman–Crippen LogP) is 4.99. The number of rotatable bonds is 7. The minimum atomic E-state index is 0.357. The molecule has 1 rings (SSSR count). The number of ketones is 1. The van der Waals surface area contributed by atoms with E-state index in [1.807, 2.05) is 0 Å². The lowest BCUT2D eigenvalue weighted by Crippen LogP contribution is -2.28. The third-order valence-corrected chi connectivity index (χ3v) is 4.56. The van der Waals surface area contributed by atoms with Crippen LogP contribution in [0.2, 0.25) is 0 Å². The Kier molecular flexibility index (Phi) is 6.84. The number of carbonyl (C=O) groups excluding carboxylic acids is 1. The van der Waals surface area contributed by atoms with Crippen molar-refractivity contribution in [2.45, 2.75) is 78.6 Å². The first-order valence-electron chi connectivity index (χ1n) is 7.76. The van der Waals surface area contributed by atoms with Gasteiger partial charge in [-0.1, -0.05) is 52.9 Å². The largest absolute Gasteiger partial charge is 0.299 e. The second-order valence-corrected chi connectivity index (χ2v) is 5.79. The number of Topliss-reactive ketones (excluding diaryl/α,β-unsaturated/α-hetero) is 1. The highest BCUT2D eigenvalue weighted by atomic mass is 16.1. The third kappa shape index (κ3) is 4.44. The van der Waals surface area contributed by atoms with Crippen molar-refractivity contribution < 1.29 is 4.79 Å². The highest BCUT2D eigenvalue weighted by Crippen LogP contribution is 2.34. The van der Waals surface area contributed by atoms with Crippen LogP contribution >= 0.6 is 0 Å². The molecule has 0 amide bonds. The van der Waals surface area contributed by atoms with E-state index in [9.17, 15) is 4.79 Å². The van der Waals surface area contributed by atoms with Gasteiger partial charge in [0.05, 0.1) is 0 Å². The fourth-order valence-electron chi connectivity index (χ4n) is 3.25. The average molecular weight is 238 g/mol. The van der Waals surface area contributed by atoms with Crippen LogP contribution in [-0.2, 0) is 4.79 Å². The average Bonchev–Trinajstić information content (AvgIpc) is 2.39. The summed E-state index contributed by atoms with van der Waals surface area (Å²) in [6.45, 7) is 6.66. The molecule has 17 heavy (non-hydrogen) atoms. The van der Waals surface area contributed by atoms with Gasteiger partial charge in [-0.15, -0.1) is 0 Å². The zero-order valence-corrected chi connectivity index (χ0v) is 12.0. The zero-order chi connectivity index (χ0) is 12.7. The van der Waals surface area contributed by atoms with Crippen LogP contribution in [0.15, 0.2) is 0 Å². The van der Waals surface area contributed by atoms with Gasteiger partial charge in [0.2, 0.25) is 0 Å². The molecule has 1 nitrogen and oxygen atoms in total. The summed E-state index contributed by atoms with van der Waals surface area (Å²) < 4.78 is 0. The fraction of sp³-hybridized carbons (Fsp3) is 0.938. The lowest BCUT2D eigenvalue weighted by molar-refractivity contribution is -0.128. The van der Waals surface area contributed by atoms with Gasteiger partial charge in [-0.2, -0.15) is 0 Å². The van der Waals surface area contributed by atoms with Crippen LogP contribution in [0.5, 0.6) is 0 Å². The van der Waals surface area contributed by atoms with E-state index >= 15 is 0 Å². The molecule has 1 aliphatic rings. The number of hydrogen-bond acceptors (Lipinski definition) is 1. The molecule has 100 valence electrons. The van der Waals surface area contributed by atoms with Gasteiger partial charge in [0.1, 0.15) is 5.78 Å². The molecule has 0 aromatic carbocycles. The van der Waals surface area contributed by atoms with Gasteiger partial charge in [0.15, 0.2) is 0 Å². The predicted molar refractivity (Wildman–Crippen MR) is 74.1 cm³/mol. The molecule has 0 spiro atoms. The van der Waals surface area contributed by atoms with E-state index in [4.69, 9.17) is 0 Å². The van der Waals surface area contributed by atoms with Crippen molar-refractivity contribution in [3.63, 3.8) is 0 Å². The first-order valence-corrected chi connectivity index (χ1v) is 7.76. The normalized spacial score (nSPS) is 26.8. The van der Waals surface area contributed by atoms with Gasteiger partial charge in [0.25, 0.3) is 0 Å². The molecule has 1 saturated carbocycles. The van der Waals surface area contributed by atoms with Crippen LogP contribution in [0, 0.1) is 17.8 Å². The summed E-state index contributed by atoms with van der Waals surface area (Å²) in [7, 11) is 0. The topological polar surface area (TPSA) is 17.1 Å². The Hall–Kier alpha value is -0.330. The second kappa shape index (κ2) is 7.89. The molecule has 0 radical (unpaired) electrons. The molecule has 0 aliphatic heterocycles. The smallest absolute Gasteiger partial charge is 0.139 e. The molecule has 0 aromatic heterocycles. The monoisotopic (exact) mass is 238 g/mol. The van der Waals surface area contributed by atoms with Crippen molar-refractivity contribution in [2.75, 3.05) is 0 Å². The molecule has 0 bridgehead atoms. The van der Waals surface area contributed by atoms with Crippen molar-refractivity contribution in [1.29, 1.82) is 0 Å². The molecule has 1 heteroatoms. The van der Waals surface area contributed by atoms with Gasteiger partial charge in [-0.05, 0) is 31.6 Å². The fourth-order valence-corrected chi connectivity index (χ4v) is 3.25. The van der Waals surface area contributed by atoms with E-state index in [0.717, 1.165) is 25.2 Å². The first-order chi connectivity index (χ1) is 8.22. The summed E-state index contributed by atoms with van der Waals surface area (Å²) in [4.78, 5) is 12.5. The molecule has 1 aliphatic carbocycles. The Morgan fingerprint density at radius 2 is 2.00 bits per heavy atom. The maximum absolute atomic E-state index is 12.5. The standard InChI is InChI=1S/C16H30O/c1-4-7-10-14(6-3)16(17)15-11-8-9-13(5-2)12-15/h13-15H,4-12H2,1-3H3. The molecular formula is C16H30O. The summed E-state index contributed by atoms with van der Waals surface area (Å²) in [6, 6.07) is 0. The van der Waals surface area contributed by atoms with Crippen LogP contribution in [0.1, 0.15) is 78.6 Å². The summed E-state index contributed by atoms with van der Waals surface area (Å²) in [5, 5.41) is 0. The maximum Gasteiger partial charge on any atom is 0.139 e. The summed E-state index contributed by atoms with van der Waals surface area (Å²) in [5.41, 5.74) is 0. The molecule has 0 saturated heterocycles. The highest BCUT2D eigenvalue weighted by Gasteiger charge is 2.29. The van der Waals surface area contributed by atoms with E-state index in [1.165, 1.54) is 38.5 Å². The Bertz CT molecular complexity index is 222. The van der Waals surface area contributed by atoms with Crippen LogP contribution in [0.25, 0.3) is 0 Å². The molecule has 0 N–H and O–H groups in total.